The molecule has 2 rings (SSSR count). The van der Waals surface area contributed by atoms with Gasteiger partial charge in [0.05, 0.1) is 20.8 Å². The molecule has 0 heterocycles. The molecule has 2 aromatic rings. The molecular weight excluding hydrogens is 218 g/mol. The third-order valence-corrected chi connectivity index (χ3v) is 2.77. The highest BCUT2D eigenvalue weighted by Crippen LogP contribution is 2.30. The first-order valence-corrected chi connectivity index (χ1v) is 5.30. The minimum absolute atomic E-state index is 0.327. The Balaban J connectivity index is 2.67. The van der Waals surface area contributed by atoms with E-state index in [2.05, 4.69) is 5.48 Å². The topological polar surface area (TPSA) is 50.7 Å². The minimum Gasteiger partial charge on any atom is -0.497 e. The van der Waals surface area contributed by atoms with Gasteiger partial charge in [0, 0.05) is 5.56 Å². The van der Waals surface area contributed by atoms with Crippen molar-refractivity contribution in [3.63, 3.8) is 0 Å². The van der Waals surface area contributed by atoms with Gasteiger partial charge in [0.1, 0.15) is 11.5 Å². The summed E-state index contributed by atoms with van der Waals surface area (Å²) in [4.78, 5) is 0. The molecule has 0 aliphatic carbocycles. The molecule has 0 bridgehead atoms. The molecule has 0 aromatic heterocycles. The quantitative estimate of drug-likeness (QED) is 0.796. The van der Waals surface area contributed by atoms with Crippen LogP contribution in [0.15, 0.2) is 30.3 Å². The Kier molecular flexibility index (Phi) is 3.46. The van der Waals surface area contributed by atoms with Crippen molar-refractivity contribution >= 4 is 10.8 Å². The monoisotopic (exact) mass is 233 g/mol. The Morgan fingerprint density at radius 2 is 1.88 bits per heavy atom. The van der Waals surface area contributed by atoms with E-state index in [1.165, 1.54) is 0 Å². The number of benzene rings is 2. The maximum absolute atomic E-state index is 8.89. The van der Waals surface area contributed by atoms with Gasteiger partial charge in [-0.05, 0) is 29.0 Å². The lowest BCUT2D eigenvalue weighted by molar-refractivity contribution is 0.160. The highest BCUT2D eigenvalue weighted by atomic mass is 16.5. The second-order valence-electron chi connectivity index (χ2n) is 3.67. The van der Waals surface area contributed by atoms with Crippen LogP contribution in [0.3, 0.4) is 0 Å². The van der Waals surface area contributed by atoms with Crippen LogP contribution in [0.4, 0.5) is 0 Å². The number of rotatable bonds is 4. The van der Waals surface area contributed by atoms with Crippen molar-refractivity contribution in [2.24, 2.45) is 0 Å². The lowest BCUT2D eigenvalue weighted by atomic mass is 10.0. The van der Waals surface area contributed by atoms with E-state index in [1.54, 1.807) is 14.2 Å². The summed E-state index contributed by atoms with van der Waals surface area (Å²) < 4.78 is 10.5. The number of nitrogens with one attached hydrogen (secondary N) is 1. The van der Waals surface area contributed by atoms with Crippen molar-refractivity contribution in [2.75, 3.05) is 14.2 Å². The van der Waals surface area contributed by atoms with E-state index in [-0.39, 0.29) is 0 Å². The predicted octanol–water partition coefficient (Wildman–Crippen LogP) is 2.34. The maximum Gasteiger partial charge on any atom is 0.124 e. The van der Waals surface area contributed by atoms with Gasteiger partial charge in [0.25, 0.3) is 0 Å². The van der Waals surface area contributed by atoms with Crippen LogP contribution in [0.25, 0.3) is 10.8 Å². The molecule has 0 aliphatic rings. The molecule has 0 saturated heterocycles. The largest absolute Gasteiger partial charge is 0.497 e. The van der Waals surface area contributed by atoms with Gasteiger partial charge in [-0.25, -0.2) is 5.48 Å². The Labute approximate surface area is 99.7 Å². The summed E-state index contributed by atoms with van der Waals surface area (Å²) in [7, 11) is 3.24. The number of ether oxygens (including phenoxy) is 2. The van der Waals surface area contributed by atoms with Crippen LogP contribution < -0.4 is 15.0 Å². The molecule has 0 radical (unpaired) electrons. The van der Waals surface area contributed by atoms with Gasteiger partial charge in [-0.1, -0.05) is 12.1 Å². The normalized spacial score (nSPS) is 10.5. The molecule has 0 amide bonds. The molecule has 0 atom stereocenters. The molecule has 2 N–H and O–H groups in total. The van der Waals surface area contributed by atoms with Crippen LogP contribution in [-0.2, 0) is 6.54 Å². The molecule has 0 spiro atoms. The van der Waals surface area contributed by atoms with Gasteiger partial charge in [-0.15, -0.1) is 0 Å². The van der Waals surface area contributed by atoms with E-state index in [1.807, 2.05) is 30.3 Å². The fourth-order valence-corrected chi connectivity index (χ4v) is 1.92. The first kappa shape index (κ1) is 11.7. The summed E-state index contributed by atoms with van der Waals surface area (Å²) in [6.07, 6.45) is 0. The van der Waals surface area contributed by atoms with E-state index in [0.717, 1.165) is 27.8 Å². The average molecular weight is 233 g/mol. The number of hydrogen-bond donors (Lipinski definition) is 2. The zero-order chi connectivity index (χ0) is 12.3. The number of hydrogen-bond acceptors (Lipinski definition) is 4. The van der Waals surface area contributed by atoms with E-state index in [0.29, 0.717) is 6.54 Å². The summed E-state index contributed by atoms with van der Waals surface area (Å²) >= 11 is 0. The van der Waals surface area contributed by atoms with Gasteiger partial charge in [0.2, 0.25) is 0 Å². The minimum atomic E-state index is 0.327. The standard InChI is InChI=1S/C13H15NO3/c1-16-10-5-3-9-4-6-13(17-2)12(8-14-15)11(9)7-10/h3-7,14-15H,8H2,1-2H3. The molecule has 90 valence electrons. The molecule has 4 heteroatoms. The Bertz CT molecular complexity index is 520. The Morgan fingerprint density at radius 1 is 1.12 bits per heavy atom. The van der Waals surface area contributed by atoms with Crippen molar-refractivity contribution in [1.29, 1.82) is 0 Å². The molecule has 0 saturated carbocycles. The van der Waals surface area contributed by atoms with Crippen LogP contribution in [0.1, 0.15) is 5.56 Å². The number of hydroxylamine groups is 1. The van der Waals surface area contributed by atoms with E-state index in [4.69, 9.17) is 14.7 Å². The first-order chi connectivity index (χ1) is 8.30. The fraction of sp³-hybridized carbons (Fsp3) is 0.231. The molecule has 0 aliphatic heterocycles. The van der Waals surface area contributed by atoms with Crippen molar-refractivity contribution in [3.8, 4) is 11.5 Å². The highest BCUT2D eigenvalue weighted by Gasteiger charge is 2.08. The zero-order valence-corrected chi connectivity index (χ0v) is 9.86. The van der Waals surface area contributed by atoms with Crippen LogP contribution in [-0.4, -0.2) is 19.4 Å². The average Bonchev–Trinajstić information content (AvgIpc) is 2.39. The summed E-state index contributed by atoms with van der Waals surface area (Å²) in [6.45, 7) is 0.327. The van der Waals surface area contributed by atoms with E-state index >= 15 is 0 Å². The zero-order valence-electron chi connectivity index (χ0n) is 9.86. The van der Waals surface area contributed by atoms with Gasteiger partial charge >= 0.3 is 0 Å². The van der Waals surface area contributed by atoms with E-state index < -0.39 is 0 Å². The second-order valence-corrected chi connectivity index (χ2v) is 3.67. The molecule has 4 nitrogen and oxygen atoms in total. The Morgan fingerprint density at radius 3 is 2.53 bits per heavy atom. The second kappa shape index (κ2) is 5.03. The first-order valence-electron chi connectivity index (χ1n) is 5.30. The van der Waals surface area contributed by atoms with Crippen LogP contribution in [0, 0.1) is 0 Å². The van der Waals surface area contributed by atoms with Crippen molar-refractivity contribution in [3.05, 3.63) is 35.9 Å². The Hall–Kier alpha value is -1.78. The molecule has 0 unspecified atom stereocenters. The third kappa shape index (κ3) is 2.18. The lowest BCUT2D eigenvalue weighted by Crippen LogP contribution is -2.08. The number of fused-ring (bicyclic) bond motifs is 1. The van der Waals surface area contributed by atoms with Gasteiger partial charge in [-0.3, -0.25) is 0 Å². The summed E-state index contributed by atoms with van der Waals surface area (Å²) in [5.41, 5.74) is 3.08. The molecular formula is C13H15NO3. The maximum atomic E-state index is 8.89. The molecule has 2 aromatic carbocycles. The summed E-state index contributed by atoms with van der Waals surface area (Å²) in [5, 5.41) is 11.0. The van der Waals surface area contributed by atoms with E-state index in [9.17, 15) is 0 Å². The lowest BCUT2D eigenvalue weighted by Gasteiger charge is -2.12. The smallest absolute Gasteiger partial charge is 0.124 e. The van der Waals surface area contributed by atoms with Crippen molar-refractivity contribution in [1.82, 2.24) is 5.48 Å². The van der Waals surface area contributed by atoms with Crippen LogP contribution in [0.2, 0.25) is 0 Å². The number of methoxy groups -OCH3 is 2. The van der Waals surface area contributed by atoms with Gasteiger partial charge < -0.3 is 14.7 Å². The molecule has 0 fully saturated rings. The van der Waals surface area contributed by atoms with Crippen LogP contribution in [0.5, 0.6) is 11.5 Å². The molecule has 17 heavy (non-hydrogen) atoms. The van der Waals surface area contributed by atoms with Gasteiger partial charge in [0.15, 0.2) is 0 Å². The third-order valence-electron chi connectivity index (χ3n) is 2.77. The van der Waals surface area contributed by atoms with Crippen molar-refractivity contribution < 1.29 is 14.7 Å². The summed E-state index contributed by atoms with van der Waals surface area (Å²) in [5.74, 6) is 1.53. The van der Waals surface area contributed by atoms with Gasteiger partial charge in [-0.2, -0.15) is 0 Å². The van der Waals surface area contributed by atoms with Crippen molar-refractivity contribution in [2.45, 2.75) is 6.54 Å². The van der Waals surface area contributed by atoms with Crippen LogP contribution >= 0.6 is 0 Å². The SMILES string of the molecule is COc1ccc2ccc(OC)c(CNO)c2c1. The fourth-order valence-electron chi connectivity index (χ4n) is 1.92. The summed E-state index contributed by atoms with van der Waals surface area (Å²) in [6, 6.07) is 9.69. The highest BCUT2D eigenvalue weighted by molar-refractivity contribution is 5.89. The predicted molar refractivity (Wildman–Crippen MR) is 65.7 cm³/mol.